The molecule has 0 aliphatic carbocycles. The van der Waals surface area contributed by atoms with Gasteiger partial charge in [-0.25, -0.2) is 0 Å². The third-order valence-corrected chi connectivity index (χ3v) is 2.41. The van der Waals surface area contributed by atoms with Gasteiger partial charge < -0.3 is 15.2 Å². The number of rotatable bonds is 4. The van der Waals surface area contributed by atoms with Gasteiger partial charge in [-0.3, -0.25) is 5.10 Å². The van der Waals surface area contributed by atoms with Crippen molar-refractivity contribution in [2.75, 3.05) is 19.8 Å². The fourth-order valence-electron chi connectivity index (χ4n) is 1.55. The van der Waals surface area contributed by atoms with E-state index in [-0.39, 0.29) is 0 Å². The number of nitrogens with one attached hydrogen (secondary N) is 2. The molecule has 0 spiro atoms. The number of ether oxygens (including phenoxy) is 1. The van der Waals surface area contributed by atoms with E-state index in [2.05, 4.69) is 15.5 Å². The summed E-state index contributed by atoms with van der Waals surface area (Å²) in [5.41, 5.74) is 0.340. The molecule has 1 aromatic heterocycles. The molecule has 2 rings (SSSR count). The molecule has 2 heterocycles. The van der Waals surface area contributed by atoms with Gasteiger partial charge in [-0.15, -0.1) is 0 Å². The second-order valence-corrected chi connectivity index (χ2v) is 3.71. The van der Waals surface area contributed by atoms with E-state index in [0.717, 1.165) is 5.69 Å². The van der Waals surface area contributed by atoms with Crippen LogP contribution in [0.4, 0.5) is 0 Å². The van der Waals surface area contributed by atoms with E-state index in [1.165, 1.54) is 0 Å². The third kappa shape index (κ3) is 2.31. The molecular formula is C9H15N3O2. The van der Waals surface area contributed by atoms with Crippen molar-refractivity contribution < 1.29 is 9.84 Å². The summed E-state index contributed by atoms with van der Waals surface area (Å²) in [6, 6.07) is 1.90. The van der Waals surface area contributed by atoms with E-state index in [0.29, 0.717) is 32.7 Å². The van der Waals surface area contributed by atoms with Crippen LogP contribution in [0, 0.1) is 0 Å². The fraction of sp³-hybridized carbons (Fsp3) is 0.667. The molecule has 5 nitrogen and oxygen atoms in total. The molecular weight excluding hydrogens is 182 g/mol. The summed E-state index contributed by atoms with van der Waals surface area (Å²) in [5, 5.41) is 19.8. The second kappa shape index (κ2) is 4.08. The Morgan fingerprint density at radius 1 is 1.71 bits per heavy atom. The molecule has 0 aromatic carbocycles. The summed E-state index contributed by atoms with van der Waals surface area (Å²) in [7, 11) is 0. The Labute approximate surface area is 82.5 Å². The lowest BCUT2D eigenvalue weighted by Gasteiger charge is -2.20. The lowest BCUT2D eigenvalue weighted by atomic mass is 10.0. The summed E-state index contributed by atoms with van der Waals surface area (Å²) in [6.07, 6.45) is 2.42. The monoisotopic (exact) mass is 197 g/mol. The first-order chi connectivity index (χ1) is 6.79. The molecule has 14 heavy (non-hydrogen) atoms. The topological polar surface area (TPSA) is 70.2 Å². The predicted octanol–water partition coefficient (Wildman–Crippen LogP) is -0.349. The highest BCUT2D eigenvalue weighted by molar-refractivity contribution is 4.97. The van der Waals surface area contributed by atoms with Crippen molar-refractivity contribution in [2.24, 2.45) is 0 Å². The first-order valence-electron chi connectivity index (χ1n) is 4.78. The molecule has 0 saturated carbocycles. The SMILES string of the molecule is OC1(CNCc2ccn[nH]2)CCOC1. The van der Waals surface area contributed by atoms with E-state index in [1.54, 1.807) is 6.20 Å². The van der Waals surface area contributed by atoms with Crippen LogP contribution in [0.3, 0.4) is 0 Å². The number of aromatic amines is 1. The van der Waals surface area contributed by atoms with Crippen molar-refractivity contribution in [3.63, 3.8) is 0 Å². The predicted molar refractivity (Wildman–Crippen MR) is 50.7 cm³/mol. The quantitative estimate of drug-likeness (QED) is 0.617. The average Bonchev–Trinajstić information content (AvgIpc) is 2.77. The van der Waals surface area contributed by atoms with E-state index in [9.17, 15) is 5.11 Å². The normalized spacial score (nSPS) is 26.9. The van der Waals surface area contributed by atoms with Crippen LogP contribution < -0.4 is 5.32 Å². The van der Waals surface area contributed by atoms with Crippen LogP contribution >= 0.6 is 0 Å². The second-order valence-electron chi connectivity index (χ2n) is 3.71. The van der Waals surface area contributed by atoms with Crippen LogP contribution in [0.15, 0.2) is 12.3 Å². The minimum absolute atomic E-state index is 0.434. The number of nitrogens with zero attached hydrogens (tertiary/aromatic N) is 1. The van der Waals surface area contributed by atoms with Gasteiger partial charge in [-0.1, -0.05) is 0 Å². The maximum absolute atomic E-state index is 9.91. The number of aromatic nitrogens is 2. The lowest BCUT2D eigenvalue weighted by Crippen LogP contribution is -2.40. The molecule has 0 radical (unpaired) electrons. The van der Waals surface area contributed by atoms with Gasteiger partial charge in [-0.2, -0.15) is 5.10 Å². The maximum Gasteiger partial charge on any atom is 0.103 e. The number of H-pyrrole nitrogens is 1. The molecule has 5 heteroatoms. The van der Waals surface area contributed by atoms with Crippen molar-refractivity contribution >= 4 is 0 Å². The minimum Gasteiger partial charge on any atom is -0.386 e. The first-order valence-corrected chi connectivity index (χ1v) is 4.78. The van der Waals surface area contributed by atoms with E-state index in [1.807, 2.05) is 6.07 Å². The molecule has 1 aliphatic heterocycles. The largest absolute Gasteiger partial charge is 0.386 e. The number of hydrogen-bond acceptors (Lipinski definition) is 4. The molecule has 1 aromatic rings. The summed E-state index contributed by atoms with van der Waals surface area (Å²) in [4.78, 5) is 0. The standard InChI is InChI=1S/C9H15N3O2/c13-9(2-4-14-7-9)6-10-5-8-1-3-11-12-8/h1,3,10,13H,2,4-7H2,(H,11,12). The van der Waals surface area contributed by atoms with Crippen molar-refractivity contribution in [3.05, 3.63) is 18.0 Å². The number of aliphatic hydroxyl groups is 1. The summed E-state index contributed by atoms with van der Waals surface area (Å²) in [6.45, 7) is 2.35. The molecule has 0 bridgehead atoms. The van der Waals surface area contributed by atoms with Crippen LogP contribution in [0.2, 0.25) is 0 Å². The molecule has 1 fully saturated rings. The van der Waals surface area contributed by atoms with Crippen LogP contribution in [0.5, 0.6) is 0 Å². The Kier molecular flexibility index (Phi) is 2.81. The van der Waals surface area contributed by atoms with Crippen molar-refractivity contribution in [3.8, 4) is 0 Å². The average molecular weight is 197 g/mol. The van der Waals surface area contributed by atoms with E-state index in [4.69, 9.17) is 4.74 Å². The first kappa shape index (κ1) is 9.64. The zero-order valence-electron chi connectivity index (χ0n) is 7.99. The summed E-state index contributed by atoms with van der Waals surface area (Å²) >= 11 is 0. The molecule has 1 unspecified atom stereocenters. The van der Waals surface area contributed by atoms with E-state index >= 15 is 0 Å². The van der Waals surface area contributed by atoms with Crippen molar-refractivity contribution in [1.29, 1.82) is 0 Å². The van der Waals surface area contributed by atoms with Crippen LogP contribution in [0.1, 0.15) is 12.1 Å². The van der Waals surface area contributed by atoms with Gasteiger partial charge in [0, 0.05) is 38.0 Å². The van der Waals surface area contributed by atoms with Gasteiger partial charge in [0.1, 0.15) is 5.60 Å². The van der Waals surface area contributed by atoms with Crippen molar-refractivity contribution in [2.45, 2.75) is 18.6 Å². The van der Waals surface area contributed by atoms with Crippen LogP contribution in [-0.4, -0.2) is 40.7 Å². The highest BCUT2D eigenvalue weighted by Gasteiger charge is 2.31. The Morgan fingerprint density at radius 2 is 2.64 bits per heavy atom. The van der Waals surface area contributed by atoms with Gasteiger partial charge in [-0.05, 0) is 6.07 Å². The van der Waals surface area contributed by atoms with Crippen LogP contribution in [-0.2, 0) is 11.3 Å². The molecule has 78 valence electrons. The fourth-order valence-corrected chi connectivity index (χ4v) is 1.55. The Morgan fingerprint density at radius 3 is 3.29 bits per heavy atom. The smallest absolute Gasteiger partial charge is 0.103 e. The van der Waals surface area contributed by atoms with Crippen LogP contribution in [0.25, 0.3) is 0 Å². The molecule has 3 N–H and O–H groups in total. The van der Waals surface area contributed by atoms with Gasteiger partial charge in [0.2, 0.25) is 0 Å². The lowest BCUT2D eigenvalue weighted by molar-refractivity contribution is 0.0268. The zero-order chi connectivity index (χ0) is 9.86. The summed E-state index contributed by atoms with van der Waals surface area (Å²) < 4.78 is 5.14. The van der Waals surface area contributed by atoms with Gasteiger partial charge >= 0.3 is 0 Å². The Hall–Kier alpha value is -0.910. The molecule has 1 atom stereocenters. The highest BCUT2D eigenvalue weighted by atomic mass is 16.5. The maximum atomic E-state index is 9.91. The van der Waals surface area contributed by atoms with E-state index < -0.39 is 5.60 Å². The van der Waals surface area contributed by atoms with Gasteiger partial charge in [0.05, 0.1) is 6.61 Å². The highest BCUT2D eigenvalue weighted by Crippen LogP contribution is 2.16. The Balaban J connectivity index is 1.72. The van der Waals surface area contributed by atoms with Gasteiger partial charge in [0.15, 0.2) is 0 Å². The Bertz CT molecular complexity index is 268. The minimum atomic E-state index is -0.681. The third-order valence-electron chi connectivity index (χ3n) is 2.41. The molecule has 0 amide bonds. The van der Waals surface area contributed by atoms with Crippen molar-refractivity contribution in [1.82, 2.24) is 15.5 Å². The zero-order valence-corrected chi connectivity index (χ0v) is 7.99. The number of hydrogen-bond donors (Lipinski definition) is 3. The summed E-state index contributed by atoms with van der Waals surface area (Å²) in [5.74, 6) is 0. The molecule has 1 saturated heterocycles. The molecule has 1 aliphatic rings. The van der Waals surface area contributed by atoms with Gasteiger partial charge in [0.25, 0.3) is 0 Å².